The summed E-state index contributed by atoms with van der Waals surface area (Å²) in [5, 5.41) is 10.1. The summed E-state index contributed by atoms with van der Waals surface area (Å²) < 4.78 is 0. The van der Waals surface area contributed by atoms with E-state index in [0.29, 0.717) is 16.9 Å². The smallest absolute Gasteiger partial charge is 0.257 e. The molecule has 0 bridgehead atoms. The van der Waals surface area contributed by atoms with Gasteiger partial charge in [-0.05, 0) is 37.1 Å². The molecule has 2 aromatic rings. The fraction of sp³-hybridized carbons (Fsp3) is 0.154. The van der Waals surface area contributed by atoms with Crippen LogP contribution in [0.1, 0.15) is 21.5 Å². The highest BCUT2D eigenvalue weighted by atomic mass is 16.1. The highest BCUT2D eigenvalue weighted by Gasteiger charge is 2.11. The molecule has 0 aliphatic rings. The number of amides is 1. The lowest BCUT2D eigenvalue weighted by atomic mass is 10.1. The van der Waals surface area contributed by atoms with Crippen molar-refractivity contribution in [2.24, 2.45) is 0 Å². The number of aryl methyl sites for hydroxylation is 1. The molecule has 2 rings (SSSR count). The first-order valence-corrected chi connectivity index (χ1v) is 5.53. The molecule has 0 spiro atoms. The molecule has 0 unspecified atom stereocenters. The Kier molecular flexibility index (Phi) is 3.23. The van der Waals surface area contributed by atoms with Crippen LogP contribution >= 0.6 is 0 Å². The van der Waals surface area contributed by atoms with Gasteiger partial charge in [0.15, 0.2) is 0 Å². The molecule has 0 atom stereocenters. The molecule has 0 saturated carbocycles. The number of carbonyl (C=O) groups is 1. The fourth-order valence-electron chi connectivity index (χ4n) is 1.61. The van der Waals surface area contributed by atoms with Crippen LogP contribution < -0.4 is 11.1 Å². The van der Waals surface area contributed by atoms with Crippen LogP contribution in [0.4, 0.5) is 11.4 Å². The van der Waals surface area contributed by atoms with E-state index in [4.69, 9.17) is 5.73 Å². The molecule has 1 amide bonds. The molecule has 1 aromatic heterocycles. The number of aromatic nitrogens is 2. The predicted octanol–water partition coefficient (Wildman–Crippen LogP) is 1.93. The Morgan fingerprint density at radius 2 is 2.00 bits per heavy atom. The molecule has 1 heterocycles. The zero-order valence-corrected chi connectivity index (χ0v) is 10.3. The fourth-order valence-corrected chi connectivity index (χ4v) is 1.61. The third kappa shape index (κ3) is 2.29. The van der Waals surface area contributed by atoms with E-state index in [1.807, 2.05) is 19.9 Å². The van der Waals surface area contributed by atoms with Crippen LogP contribution in [0.25, 0.3) is 0 Å². The average molecular weight is 242 g/mol. The molecule has 1 aromatic carbocycles. The van der Waals surface area contributed by atoms with Gasteiger partial charge in [0.2, 0.25) is 0 Å². The van der Waals surface area contributed by atoms with Gasteiger partial charge in [-0.1, -0.05) is 6.07 Å². The SMILES string of the molecule is Cc1ccc(N)c(NC(=O)c2ccnnc2)c1C. The number of carbonyl (C=O) groups excluding carboxylic acids is 1. The number of hydrogen-bond donors (Lipinski definition) is 2. The number of benzene rings is 1. The van der Waals surface area contributed by atoms with E-state index >= 15 is 0 Å². The Morgan fingerprint density at radius 1 is 1.22 bits per heavy atom. The number of nitrogen functional groups attached to an aromatic ring is 1. The highest BCUT2D eigenvalue weighted by molar-refractivity contribution is 6.06. The Bertz CT molecular complexity index is 581. The summed E-state index contributed by atoms with van der Waals surface area (Å²) in [6, 6.07) is 5.31. The van der Waals surface area contributed by atoms with Crippen molar-refractivity contribution >= 4 is 17.3 Å². The van der Waals surface area contributed by atoms with Crippen LogP contribution in [0.2, 0.25) is 0 Å². The average Bonchev–Trinajstić information content (AvgIpc) is 2.40. The number of anilines is 2. The van der Waals surface area contributed by atoms with Crippen LogP contribution in [0.5, 0.6) is 0 Å². The van der Waals surface area contributed by atoms with Gasteiger partial charge in [-0.15, -0.1) is 0 Å². The molecule has 5 heteroatoms. The summed E-state index contributed by atoms with van der Waals surface area (Å²) in [6.07, 6.45) is 2.89. The monoisotopic (exact) mass is 242 g/mol. The second-order valence-corrected chi connectivity index (χ2v) is 4.06. The van der Waals surface area contributed by atoms with Crippen LogP contribution in [0.3, 0.4) is 0 Å². The zero-order chi connectivity index (χ0) is 13.1. The molecule has 0 aliphatic carbocycles. The standard InChI is InChI=1S/C13H14N4O/c1-8-3-4-11(14)12(9(8)2)17-13(18)10-5-6-15-16-7-10/h3-7H,14H2,1-2H3,(H,17,18). The minimum absolute atomic E-state index is 0.245. The summed E-state index contributed by atoms with van der Waals surface area (Å²) >= 11 is 0. The summed E-state index contributed by atoms with van der Waals surface area (Å²) in [4.78, 5) is 12.0. The van der Waals surface area contributed by atoms with E-state index in [2.05, 4.69) is 15.5 Å². The lowest BCUT2D eigenvalue weighted by molar-refractivity contribution is 0.102. The van der Waals surface area contributed by atoms with E-state index in [1.165, 1.54) is 12.4 Å². The van der Waals surface area contributed by atoms with E-state index < -0.39 is 0 Å². The van der Waals surface area contributed by atoms with Gasteiger partial charge in [0.05, 0.1) is 29.3 Å². The van der Waals surface area contributed by atoms with E-state index in [9.17, 15) is 4.79 Å². The Hall–Kier alpha value is -2.43. The molecule has 3 N–H and O–H groups in total. The Labute approximate surface area is 105 Å². The summed E-state index contributed by atoms with van der Waals surface area (Å²) in [5.41, 5.74) is 9.56. The predicted molar refractivity (Wildman–Crippen MR) is 70.3 cm³/mol. The molecule has 0 fully saturated rings. The Balaban J connectivity index is 2.30. The highest BCUT2D eigenvalue weighted by Crippen LogP contribution is 2.26. The molecular formula is C13H14N4O. The number of rotatable bonds is 2. The molecule has 0 radical (unpaired) electrons. The van der Waals surface area contributed by atoms with Gasteiger partial charge < -0.3 is 11.1 Å². The van der Waals surface area contributed by atoms with Crippen molar-refractivity contribution in [3.8, 4) is 0 Å². The number of hydrogen-bond acceptors (Lipinski definition) is 4. The minimum atomic E-state index is -0.245. The molecule has 92 valence electrons. The van der Waals surface area contributed by atoms with Crippen molar-refractivity contribution in [2.75, 3.05) is 11.1 Å². The van der Waals surface area contributed by atoms with E-state index in [-0.39, 0.29) is 5.91 Å². The maximum absolute atomic E-state index is 12.0. The van der Waals surface area contributed by atoms with Crippen molar-refractivity contribution in [3.63, 3.8) is 0 Å². The molecule has 0 saturated heterocycles. The van der Waals surface area contributed by atoms with Gasteiger partial charge in [0.1, 0.15) is 0 Å². The third-order valence-electron chi connectivity index (χ3n) is 2.85. The van der Waals surface area contributed by atoms with Crippen LogP contribution in [0.15, 0.2) is 30.6 Å². The molecule has 18 heavy (non-hydrogen) atoms. The maximum Gasteiger partial charge on any atom is 0.257 e. The largest absolute Gasteiger partial charge is 0.397 e. The van der Waals surface area contributed by atoms with Crippen molar-refractivity contribution in [1.82, 2.24) is 10.2 Å². The molecule has 5 nitrogen and oxygen atoms in total. The number of nitrogens with zero attached hydrogens (tertiary/aromatic N) is 2. The van der Waals surface area contributed by atoms with Gasteiger partial charge in [0.25, 0.3) is 5.91 Å². The lowest BCUT2D eigenvalue weighted by Gasteiger charge is -2.13. The summed E-state index contributed by atoms with van der Waals surface area (Å²) in [6.45, 7) is 3.89. The normalized spacial score (nSPS) is 10.1. The topological polar surface area (TPSA) is 80.9 Å². The third-order valence-corrected chi connectivity index (χ3v) is 2.85. The number of nitrogens with two attached hydrogens (primary N) is 1. The van der Waals surface area contributed by atoms with Crippen LogP contribution in [0, 0.1) is 13.8 Å². The summed E-state index contributed by atoms with van der Waals surface area (Å²) in [5.74, 6) is -0.245. The van der Waals surface area contributed by atoms with E-state index in [1.54, 1.807) is 12.1 Å². The molecular weight excluding hydrogens is 228 g/mol. The first-order chi connectivity index (χ1) is 8.59. The van der Waals surface area contributed by atoms with Gasteiger partial charge in [0, 0.05) is 0 Å². The zero-order valence-electron chi connectivity index (χ0n) is 10.3. The van der Waals surface area contributed by atoms with Crippen molar-refractivity contribution in [2.45, 2.75) is 13.8 Å². The van der Waals surface area contributed by atoms with Gasteiger partial charge in [-0.25, -0.2) is 0 Å². The minimum Gasteiger partial charge on any atom is -0.397 e. The van der Waals surface area contributed by atoms with Gasteiger partial charge in [-0.2, -0.15) is 10.2 Å². The van der Waals surface area contributed by atoms with Crippen LogP contribution in [-0.4, -0.2) is 16.1 Å². The van der Waals surface area contributed by atoms with Gasteiger partial charge >= 0.3 is 0 Å². The number of nitrogens with one attached hydrogen (secondary N) is 1. The lowest BCUT2D eigenvalue weighted by Crippen LogP contribution is -2.15. The van der Waals surface area contributed by atoms with Crippen molar-refractivity contribution < 1.29 is 4.79 Å². The van der Waals surface area contributed by atoms with Gasteiger partial charge in [-0.3, -0.25) is 4.79 Å². The first-order valence-electron chi connectivity index (χ1n) is 5.53. The van der Waals surface area contributed by atoms with Crippen LogP contribution in [-0.2, 0) is 0 Å². The van der Waals surface area contributed by atoms with E-state index in [0.717, 1.165) is 11.1 Å². The summed E-state index contributed by atoms with van der Waals surface area (Å²) in [7, 11) is 0. The Morgan fingerprint density at radius 3 is 2.67 bits per heavy atom. The van der Waals surface area contributed by atoms with Crippen molar-refractivity contribution in [3.05, 3.63) is 47.3 Å². The van der Waals surface area contributed by atoms with Crippen molar-refractivity contribution in [1.29, 1.82) is 0 Å². The first kappa shape index (κ1) is 12.0. The maximum atomic E-state index is 12.0. The second-order valence-electron chi connectivity index (χ2n) is 4.06. The molecule has 0 aliphatic heterocycles. The quantitative estimate of drug-likeness (QED) is 0.788. The second kappa shape index (κ2) is 4.83.